The van der Waals surface area contributed by atoms with Gasteiger partial charge < -0.3 is 14.2 Å². The Morgan fingerprint density at radius 1 is 0.762 bits per heavy atom. The maximum absolute atomic E-state index is 5.35. The predicted octanol–water partition coefficient (Wildman–Crippen LogP) is 4.83. The summed E-state index contributed by atoms with van der Waals surface area (Å²) in [6, 6.07) is 9.97. The lowest BCUT2D eigenvalue weighted by molar-refractivity contribution is 0.354. The van der Waals surface area contributed by atoms with E-state index in [1.807, 2.05) is 24.3 Å². The van der Waals surface area contributed by atoms with Crippen molar-refractivity contribution in [3.63, 3.8) is 0 Å². The molecular formula is C16H16Br2O3. The molecule has 0 aromatic heterocycles. The Balaban J connectivity index is 2.33. The first-order chi connectivity index (χ1) is 10.1. The molecule has 0 fully saturated rings. The molecule has 0 amide bonds. The second-order valence-corrected chi connectivity index (χ2v) is 6.15. The fourth-order valence-electron chi connectivity index (χ4n) is 2.07. The predicted molar refractivity (Wildman–Crippen MR) is 90.7 cm³/mol. The van der Waals surface area contributed by atoms with Crippen LogP contribution in [-0.4, -0.2) is 21.3 Å². The first-order valence-corrected chi connectivity index (χ1v) is 7.90. The minimum atomic E-state index is 0.712. The third-order valence-corrected chi connectivity index (χ3v) is 4.52. The van der Waals surface area contributed by atoms with Crippen molar-refractivity contribution >= 4 is 31.9 Å². The Labute approximate surface area is 141 Å². The van der Waals surface area contributed by atoms with E-state index in [2.05, 4.69) is 37.9 Å². The Bertz CT molecular complexity index is 642. The van der Waals surface area contributed by atoms with Gasteiger partial charge >= 0.3 is 0 Å². The van der Waals surface area contributed by atoms with Crippen molar-refractivity contribution in [3.8, 4) is 17.2 Å². The molecule has 0 bridgehead atoms. The van der Waals surface area contributed by atoms with Crippen molar-refractivity contribution in [3.05, 3.63) is 50.4 Å². The zero-order valence-corrected chi connectivity index (χ0v) is 15.2. The summed E-state index contributed by atoms with van der Waals surface area (Å²) in [4.78, 5) is 0. The molecule has 0 radical (unpaired) electrons. The van der Waals surface area contributed by atoms with Gasteiger partial charge in [0.25, 0.3) is 0 Å². The minimum absolute atomic E-state index is 0.712. The second kappa shape index (κ2) is 7.18. The quantitative estimate of drug-likeness (QED) is 0.699. The molecule has 0 saturated heterocycles. The molecule has 2 aromatic carbocycles. The molecule has 0 aliphatic rings. The summed E-state index contributed by atoms with van der Waals surface area (Å²) in [5.74, 6) is 2.26. The third-order valence-electron chi connectivity index (χ3n) is 3.16. The van der Waals surface area contributed by atoms with Gasteiger partial charge in [-0.05, 0) is 57.7 Å². The standard InChI is InChI=1S/C16H16Br2O3/c1-19-14-5-4-10(7-13(14)18)6-11-8-15(20-2)16(21-3)9-12(11)17/h4-5,7-9H,6H2,1-3H3. The highest BCUT2D eigenvalue weighted by Gasteiger charge is 2.11. The molecule has 112 valence electrons. The summed E-state index contributed by atoms with van der Waals surface area (Å²) in [6.45, 7) is 0. The fraction of sp³-hybridized carbons (Fsp3) is 0.250. The largest absolute Gasteiger partial charge is 0.496 e. The fourth-order valence-corrected chi connectivity index (χ4v) is 3.12. The molecule has 0 atom stereocenters. The number of benzene rings is 2. The number of halogens is 2. The minimum Gasteiger partial charge on any atom is -0.496 e. The van der Waals surface area contributed by atoms with Crippen LogP contribution in [0.1, 0.15) is 11.1 Å². The maximum atomic E-state index is 5.35. The van der Waals surface area contributed by atoms with Gasteiger partial charge in [0.1, 0.15) is 5.75 Å². The van der Waals surface area contributed by atoms with Crippen LogP contribution in [0.4, 0.5) is 0 Å². The van der Waals surface area contributed by atoms with Gasteiger partial charge in [-0.2, -0.15) is 0 Å². The van der Waals surface area contributed by atoms with Gasteiger partial charge in [-0.25, -0.2) is 0 Å². The van der Waals surface area contributed by atoms with Crippen molar-refractivity contribution in [2.24, 2.45) is 0 Å². The highest BCUT2D eigenvalue weighted by Crippen LogP contribution is 2.35. The maximum Gasteiger partial charge on any atom is 0.161 e. The van der Waals surface area contributed by atoms with E-state index in [4.69, 9.17) is 14.2 Å². The lowest BCUT2D eigenvalue weighted by Crippen LogP contribution is -1.96. The summed E-state index contributed by atoms with van der Waals surface area (Å²) >= 11 is 7.09. The normalized spacial score (nSPS) is 10.3. The molecule has 0 N–H and O–H groups in total. The third kappa shape index (κ3) is 3.71. The molecule has 0 unspecified atom stereocenters. The van der Waals surface area contributed by atoms with Crippen molar-refractivity contribution < 1.29 is 14.2 Å². The van der Waals surface area contributed by atoms with Crippen molar-refractivity contribution in [1.82, 2.24) is 0 Å². The van der Waals surface area contributed by atoms with Gasteiger partial charge in [-0.1, -0.05) is 22.0 Å². The summed E-state index contributed by atoms with van der Waals surface area (Å²) < 4.78 is 17.8. The summed E-state index contributed by atoms with van der Waals surface area (Å²) in [5, 5.41) is 0. The van der Waals surface area contributed by atoms with E-state index in [0.717, 1.165) is 32.4 Å². The Morgan fingerprint density at radius 2 is 1.38 bits per heavy atom. The molecule has 0 saturated carbocycles. The molecule has 0 spiro atoms. The number of ether oxygens (including phenoxy) is 3. The van der Waals surface area contributed by atoms with E-state index in [0.29, 0.717) is 5.75 Å². The highest BCUT2D eigenvalue weighted by molar-refractivity contribution is 9.10. The monoisotopic (exact) mass is 414 g/mol. The van der Waals surface area contributed by atoms with Gasteiger partial charge in [0, 0.05) is 4.47 Å². The van der Waals surface area contributed by atoms with Crippen molar-refractivity contribution in [2.45, 2.75) is 6.42 Å². The van der Waals surface area contributed by atoms with Crippen LogP contribution in [0.3, 0.4) is 0 Å². The molecule has 21 heavy (non-hydrogen) atoms. The van der Waals surface area contributed by atoms with Crippen LogP contribution in [-0.2, 0) is 6.42 Å². The SMILES string of the molecule is COc1ccc(Cc2cc(OC)c(OC)cc2Br)cc1Br. The lowest BCUT2D eigenvalue weighted by Gasteiger charge is -2.12. The van der Waals surface area contributed by atoms with Crippen molar-refractivity contribution in [1.29, 1.82) is 0 Å². The van der Waals surface area contributed by atoms with Gasteiger partial charge in [0.15, 0.2) is 11.5 Å². The van der Waals surface area contributed by atoms with Crippen LogP contribution < -0.4 is 14.2 Å². The zero-order chi connectivity index (χ0) is 15.4. The van der Waals surface area contributed by atoms with Gasteiger partial charge in [0.05, 0.1) is 25.8 Å². The summed E-state index contributed by atoms with van der Waals surface area (Å²) in [6.07, 6.45) is 0.781. The van der Waals surface area contributed by atoms with E-state index < -0.39 is 0 Å². The molecule has 0 heterocycles. The molecule has 3 nitrogen and oxygen atoms in total. The van der Waals surface area contributed by atoms with Crippen molar-refractivity contribution in [2.75, 3.05) is 21.3 Å². The van der Waals surface area contributed by atoms with Crippen LogP contribution in [0.2, 0.25) is 0 Å². The Hall–Kier alpha value is -1.20. The van der Waals surface area contributed by atoms with Crippen LogP contribution in [0, 0.1) is 0 Å². The molecule has 0 aliphatic carbocycles. The smallest absolute Gasteiger partial charge is 0.161 e. The van der Waals surface area contributed by atoms with Crippen LogP contribution in [0.5, 0.6) is 17.2 Å². The van der Waals surface area contributed by atoms with Gasteiger partial charge in [-0.15, -0.1) is 0 Å². The van der Waals surface area contributed by atoms with Gasteiger partial charge in [-0.3, -0.25) is 0 Å². The second-order valence-electron chi connectivity index (χ2n) is 4.44. The average Bonchev–Trinajstić information content (AvgIpc) is 2.49. The summed E-state index contributed by atoms with van der Waals surface area (Å²) in [7, 11) is 4.93. The molecule has 5 heteroatoms. The Kier molecular flexibility index (Phi) is 5.53. The number of hydrogen-bond acceptors (Lipinski definition) is 3. The molecule has 2 rings (SSSR count). The average molecular weight is 416 g/mol. The molecular weight excluding hydrogens is 400 g/mol. The lowest BCUT2D eigenvalue weighted by atomic mass is 10.0. The van der Waals surface area contributed by atoms with E-state index in [-0.39, 0.29) is 0 Å². The summed E-state index contributed by atoms with van der Waals surface area (Å²) in [5.41, 5.74) is 2.31. The van der Waals surface area contributed by atoms with E-state index in [9.17, 15) is 0 Å². The van der Waals surface area contributed by atoms with Crippen LogP contribution in [0.25, 0.3) is 0 Å². The molecule has 2 aromatic rings. The first kappa shape index (κ1) is 16.2. The zero-order valence-electron chi connectivity index (χ0n) is 12.1. The number of rotatable bonds is 5. The molecule has 0 aliphatic heterocycles. The van der Waals surface area contributed by atoms with E-state index >= 15 is 0 Å². The van der Waals surface area contributed by atoms with E-state index in [1.165, 1.54) is 5.56 Å². The number of methoxy groups -OCH3 is 3. The highest BCUT2D eigenvalue weighted by atomic mass is 79.9. The van der Waals surface area contributed by atoms with Crippen LogP contribution >= 0.6 is 31.9 Å². The van der Waals surface area contributed by atoms with E-state index in [1.54, 1.807) is 21.3 Å². The van der Waals surface area contributed by atoms with Crippen LogP contribution in [0.15, 0.2) is 39.3 Å². The Morgan fingerprint density at radius 3 is 1.95 bits per heavy atom. The van der Waals surface area contributed by atoms with Gasteiger partial charge in [0.2, 0.25) is 0 Å². The topological polar surface area (TPSA) is 27.7 Å². The first-order valence-electron chi connectivity index (χ1n) is 6.31. The number of hydrogen-bond donors (Lipinski definition) is 0.